The van der Waals surface area contributed by atoms with Gasteiger partial charge in [-0.2, -0.15) is 0 Å². The van der Waals surface area contributed by atoms with E-state index in [1.807, 2.05) is 0 Å². The number of fused-ring (bicyclic) bond motifs is 5. The first kappa shape index (κ1) is 24.8. The maximum atomic E-state index is 9.33. The van der Waals surface area contributed by atoms with Crippen LogP contribution in [0.4, 0.5) is 5.69 Å². The molecular weight excluding hydrogens is 472 g/mol. The summed E-state index contributed by atoms with van der Waals surface area (Å²) < 4.78 is 0. The summed E-state index contributed by atoms with van der Waals surface area (Å²) in [5, 5.41) is 21.8. The van der Waals surface area contributed by atoms with E-state index in [-0.39, 0.29) is 56.6 Å². The third kappa shape index (κ3) is 4.21. The molecule has 0 bridgehead atoms. The third-order valence-corrected chi connectivity index (χ3v) is 9.65. The van der Waals surface area contributed by atoms with Gasteiger partial charge in [-0.3, -0.25) is 0 Å². The predicted octanol–water partition coefficient (Wildman–Crippen LogP) is -2.18. The molecular formula is C21H26Cl2NOSiZr. The molecule has 143 valence electrons. The van der Waals surface area contributed by atoms with Crippen molar-refractivity contribution < 1.29 is 56.1 Å². The molecule has 2 N–H and O–H groups in total. The largest absolute Gasteiger partial charge is 3.00 e. The van der Waals surface area contributed by atoms with Crippen LogP contribution in [0.25, 0.3) is 21.5 Å². The fraction of sp³-hybridized carbons (Fsp3) is 0.381. The minimum atomic E-state index is -1.56. The zero-order chi connectivity index (χ0) is 17.1. The van der Waals surface area contributed by atoms with Crippen molar-refractivity contribution in [1.29, 1.82) is 0 Å². The Kier molecular flexibility index (Phi) is 7.92. The Bertz CT molecular complexity index is 951. The average molecular weight is 499 g/mol. The van der Waals surface area contributed by atoms with Gasteiger partial charge in [-0.05, 0) is 27.2 Å². The SMILES string of the molecule is CC(C)(C)Nc1cc2c([cH-]c3ccccc32)c2c1[Si]2(C)CCCO.[Cl-].[Cl-].[Zr+3]. The molecule has 2 nitrogen and oxygen atoms in total. The van der Waals surface area contributed by atoms with E-state index < -0.39 is 8.07 Å². The number of hydrogen-bond donors (Lipinski definition) is 2. The Morgan fingerprint density at radius 2 is 1.74 bits per heavy atom. The van der Waals surface area contributed by atoms with E-state index >= 15 is 0 Å². The van der Waals surface area contributed by atoms with Crippen LogP contribution in [0, 0.1) is 0 Å². The van der Waals surface area contributed by atoms with Crippen molar-refractivity contribution in [2.24, 2.45) is 0 Å². The fourth-order valence-electron chi connectivity index (χ4n) is 4.29. The minimum absolute atomic E-state index is 0. The Hall–Kier alpha value is -0.250. The number of anilines is 1. The van der Waals surface area contributed by atoms with Crippen molar-refractivity contribution >= 4 is 45.7 Å². The Labute approximate surface area is 194 Å². The molecule has 6 heteroatoms. The van der Waals surface area contributed by atoms with Crippen molar-refractivity contribution in [3.63, 3.8) is 0 Å². The van der Waals surface area contributed by atoms with Crippen molar-refractivity contribution in [1.82, 2.24) is 0 Å². The van der Waals surface area contributed by atoms with E-state index in [9.17, 15) is 5.11 Å². The zero-order valence-electron chi connectivity index (χ0n) is 16.3. The summed E-state index contributed by atoms with van der Waals surface area (Å²) in [6.07, 6.45) is 0.911. The third-order valence-electron chi connectivity index (χ3n) is 5.30. The maximum absolute atomic E-state index is 9.33. The fourth-order valence-corrected chi connectivity index (χ4v) is 8.92. The van der Waals surface area contributed by atoms with Crippen molar-refractivity contribution in [2.45, 2.75) is 45.3 Å². The number of halogens is 2. The molecule has 0 amide bonds. The Morgan fingerprint density at radius 3 is 2.37 bits per heavy atom. The molecule has 0 fully saturated rings. The van der Waals surface area contributed by atoms with Gasteiger partial charge in [0.2, 0.25) is 0 Å². The molecule has 1 atom stereocenters. The number of benzene rings is 2. The van der Waals surface area contributed by atoms with Crippen LogP contribution in [0.3, 0.4) is 0 Å². The number of aliphatic hydroxyl groups excluding tert-OH is 1. The molecule has 1 unspecified atom stereocenters. The quantitative estimate of drug-likeness (QED) is 0.317. The van der Waals surface area contributed by atoms with Crippen LogP contribution in [-0.2, 0) is 26.2 Å². The van der Waals surface area contributed by atoms with E-state index in [1.165, 1.54) is 27.2 Å². The van der Waals surface area contributed by atoms with Crippen LogP contribution >= 0.6 is 0 Å². The average Bonchev–Trinajstić information content (AvgIpc) is 2.96. The molecule has 27 heavy (non-hydrogen) atoms. The van der Waals surface area contributed by atoms with E-state index in [0.29, 0.717) is 6.61 Å². The molecule has 0 saturated heterocycles. The van der Waals surface area contributed by atoms with Gasteiger partial charge in [-0.25, -0.2) is 0 Å². The zero-order valence-corrected chi connectivity index (χ0v) is 21.3. The first-order valence-electron chi connectivity index (χ1n) is 8.90. The van der Waals surface area contributed by atoms with Gasteiger partial charge in [-0.1, -0.05) is 42.0 Å². The molecule has 3 aromatic rings. The van der Waals surface area contributed by atoms with E-state index in [1.54, 1.807) is 10.4 Å². The summed E-state index contributed by atoms with van der Waals surface area (Å²) >= 11 is 0. The normalized spacial score (nSPS) is 17.5. The summed E-state index contributed by atoms with van der Waals surface area (Å²) in [6, 6.07) is 14.6. The van der Waals surface area contributed by atoms with Crippen LogP contribution in [0.5, 0.6) is 0 Å². The molecule has 0 aromatic heterocycles. The van der Waals surface area contributed by atoms with Crippen LogP contribution in [0.2, 0.25) is 12.6 Å². The molecule has 1 radical (unpaired) electrons. The van der Waals surface area contributed by atoms with Gasteiger partial charge in [0.15, 0.2) is 0 Å². The van der Waals surface area contributed by atoms with Gasteiger partial charge in [-0.15, -0.1) is 38.9 Å². The first-order valence-corrected chi connectivity index (χ1v) is 11.6. The van der Waals surface area contributed by atoms with Crippen molar-refractivity contribution in [3.8, 4) is 0 Å². The standard InChI is InChI=1S/C21H26NOSi.2ClH.Zr/c1-21(2,3)22-18-13-16-15-9-6-5-8-14(15)12-17(16)19-20(18)24(19,4)11-7-10-23;;;/h5-6,8-9,12-13,22-23H,7,10-11H2,1-4H3;2*1H;/q-1;;;+3/p-2. The predicted molar refractivity (Wildman–Crippen MR) is 108 cm³/mol. The smallest absolute Gasteiger partial charge is 1.00 e. The van der Waals surface area contributed by atoms with Gasteiger partial charge < -0.3 is 35.2 Å². The Balaban J connectivity index is 0.00000121. The molecule has 4 rings (SSSR count). The molecule has 1 aliphatic rings. The second-order valence-corrected chi connectivity index (χ2v) is 12.6. The number of hydrogen-bond acceptors (Lipinski definition) is 2. The van der Waals surface area contributed by atoms with Crippen LogP contribution in [0.15, 0.2) is 36.4 Å². The van der Waals surface area contributed by atoms with Gasteiger partial charge in [0, 0.05) is 17.8 Å². The summed E-state index contributed by atoms with van der Waals surface area (Å²) in [5.41, 5.74) is 1.38. The van der Waals surface area contributed by atoms with E-state index in [2.05, 4.69) is 69.0 Å². The summed E-state index contributed by atoms with van der Waals surface area (Å²) in [6.45, 7) is 9.44. The molecule has 0 aliphatic carbocycles. The molecule has 0 saturated carbocycles. The summed E-state index contributed by atoms with van der Waals surface area (Å²) in [7, 11) is -1.56. The maximum Gasteiger partial charge on any atom is 3.00 e. The number of rotatable bonds is 4. The second-order valence-electron chi connectivity index (χ2n) is 8.40. The minimum Gasteiger partial charge on any atom is -1.00 e. The monoisotopic (exact) mass is 496 g/mol. The molecule has 1 aliphatic heterocycles. The summed E-state index contributed by atoms with van der Waals surface area (Å²) in [4.78, 5) is 0. The van der Waals surface area contributed by atoms with Crippen LogP contribution < -0.4 is 40.5 Å². The molecule has 3 aromatic carbocycles. The van der Waals surface area contributed by atoms with Crippen molar-refractivity contribution in [2.75, 3.05) is 11.9 Å². The van der Waals surface area contributed by atoms with Gasteiger partial charge in [0.1, 0.15) is 0 Å². The molecule has 0 spiro atoms. The van der Waals surface area contributed by atoms with E-state index in [0.717, 1.165) is 12.5 Å². The van der Waals surface area contributed by atoms with Crippen LogP contribution in [-0.4, -0.2) is 25.3 Å². The Morgan fingerprint density at radius 1 is 1.07 bits per heavy atom. The van der Waals surface area contributed by atoms with Gasteiger partial charge in [0.05, 0.1) is 8.07 Å². The topological polar surface area (TPSA) is 32.3 Å². The summed E-state index contributed by atoms with van der Waals surface area (Å²) in [5.74, 6) is 0. The van der Waals surface area contributed by atoms with Crippen LogP contribution in [0.1, 0.15) is 27.2 Å². The van der Waals surface area contributed by atoms with E-state index in [4.69, 9.17) is 0 Å². The second kappa shape index (κ2) is 8.63. The molecule has 1 heterocycles. The van der Waals surface area contributed by atoms with Gasteiger partial charge >= 0.3 is 26.2 Å². The van der Waals surface area contributed by atoms with Gasteiger partial charge in [0.25, 0.3) is 0 Å². The first-order chi connectivity index (χ1) is 11.3. The number of aliphatic hydroxyl groups is 1. The number of nitrogens with one attached hydrogen (secondary N) is 1. The van der Waals surface area contributed by atoms with Crippen molar-refractivity contribution in [3.05, 3.63) is 36.4 Å².